The summed E-state index contributed by atoms with van der Waals surface area (Å²) in [6, 6.07) is 19.6. The predicted octanol–water partition coefficient (Wildman–Crippen LogP) is 5.19. The minimum Gasteiger partial charge on any atom is -0.338 e. The van der Waals surface area contributed by atoms with Crippen LogP contribution in [0.3, 0.4) is 0 Å². The van der Waals surface area contributed by atoms with Crippen molar-refractivity contribution in [1.29, 1.82) is 0 Å². The monoisotopic (exact) mass is 390 g/mol. The summed E-state index contributed by atoms with van der Waals surface area (Å²) in [5, 5.41) is 2.58. The summed E-state index contributed by atoms with van der Waals surface area (Å²) in [5.41, 5.74) is 9.47. The normalized spacial score (nSPS) is 14.8. The number of hydrogen-bond acceptors (Lipinski definition) is 3. The van der Waals surface area contributed by atoms with Gasteiger partial charge in [-0.3, -0.25) is 0 Å². The van der Waals surface area contributed by atoms with Crippen LogP contribution >= 0.6 is 11.8 Å². The van der Waals surface area contributed by atoms with Crippen LogP contribution in [0.2, 0.25) is 0 Å². The molecule has 0 bridgehead atoms. The minimum atomic E-state index is 0.801. The smallest absolute Gasteiger partial charge is 0.213 e. The summed E-state index contributed by atoms with van der Waals surface area (Å²) >= 11 is 1.84. The predicted molar refractivity (Wildman–Crippen MR) is 120 cm³/mol. The summed E-state index contributed by atoms with van der Waals surface area (Å²) in [5.74, 6) is 0. The zero-order valence-electron chi connectivity index (χ0n) is 16.5. The highest BCUT2D eigenvalue weighted by atomic mass is 32.2. The molecule has 2 heterocycles. The molecule has 1 aromatic heterocycles. The molecule has 2 N–H and O–H groups in total. The first kappa shape index (κ1) is 19.0. The number of nitrogens with two attached hydrogens (primary N) is 1. The first-order valence-corrected chi connectivity index (χ1v) is 10.9. The lowest BCUT2D eigenvalue weighted by Crippen LogP contribution is -2.34. The van der Waals surface area contributed by atoms with E-state index in [9.17, 15) is 0 Å². The van der Waals surface area contributed by atoms with Gasteiger partial charge < -0.3 is 10.6 Å². The highest BCUT2D eigenvalue weighted by Gasteiger charge is 2.22. The number of fused-ring (bicyclic) bond motifs is 2. The standard InChI is InChI=1S/C24H28N3S/c1-26-22-12-6-7-13-23(22)28-24(26)18-19-14-17-27(16-9-3-2-8-15-25)21-11-5-4-10-20(19)21/h4-7,10-14,17-18H,2-3,8-9,15-16,25H2,1H3/q+1. The minimum absolute atomic E-state index is 0.801. The van der Waals surface area contributed by atoms with Gasteiger partial charge in [0.25, 0.3) is 0 Å². The number of para-hydroxylation sites is 2. The van der Waals surface area contributed by atoms with E-state index in [0.717, 1.165) is 19.5 Å². The lowest BCUT2D eigenvalue weighted by Gasteiger charge is -2.13. The molecule has 0 saturated heterocycles. The Bertz CT molecular complexity index is 996. The largest absolute Gasteiger partial charge is 0.338 e. The van der Waals surface area contributed by atoms with Crippen molar-refractivity contribution in [3.63, 3.8) is 0 Å². The van der Waals surface area contributed by atoms with Crippen molar-refractivity contribution < 1.29 is 4.57 Å². The molecule has 1 aliphatic rings. The summed E-state index contributed by atoms with van der Waals surface area (Å²) in [6.45, 7) is 1.86. The molecule has 3 aromatic rings. The maximum Gasteiger partial charge on any atom is 0.213 e. The fourth-order valence-corrected chi connectivity index (χ4v) is 4.89. The zero-order valence-corrected chi connectivity index (χ0v) is 17.3. The van der Waals surface area contributed by atoms with Crippen LogP contribution < -0.4 is 15.2 Å². The fraction of sp³-hybridized carbons (Fsp3) is 0.292. The van der Waals surface area contributed by atoms with Crippen LogP contribution in [0.25, 0.3) is 17.0 Å². The fourth-order valence-electron chi connectivity index (χ4n) is 3.79. The van der Waals surface area contributed by atoms with E-state index in [-0.39, 0.29) is 0 Å². The molecular weight excluding hydrogens is 362 g/mol. The van der Waals surface area contributed by atoms with E-state index < -0.39 is 0 Å². The van der Waals surface area contributed by atoms with Crippen LogP contribution in [0.5, 0.6) is 0 Å². The molecule has 1 aliphatic heterocycles. The Morgan fingerprint density at radius 2 is 1.75 bits per heavy atom. The van der Waals surface area contributed by atoms with Crippen LogP contribution in [0.15, 0.2) is 70.7 Å². The van der Waals surface area contributed by atoms with Crippen LogP contribution in [-0.4, -0.2) is 13.6 Å². The lowest BCUT2D eigenvalue weighted by molar-refractivity contribution is -0.671. The number of aromatic nitrogens is 1. The summed E-state index contributed by atoms with van der Waals surface area (Å²) in [7, 11) is 2.15. The molecule has 3 nitrogen and oxygen atoms in total. The average molecular weight is 391 g/mol. The molecule has 0 saturated carbocycles. The molecule has 0 radical (unpaired) electrons. The maximum absolute atomic E-state index is 5.60. The third kappa shape index (κ3) is 3.94. The molecule has 0 aliphatic carbocycles. The van der Waals surface area contributed by atoms with Gasteiger partial charge in [-0.05, 0) is 49.2 Å². The van der Waals surface area contributed by atoms with Gasteiger partial charge in [-0.1, -0.05) is 42.4 Å². The number of pyridine rings is 1. The Morgan fingerprint density at radius 3 is 2.61 bits per heavy atom. The number of aryl methyl sites for hydroxylation is 1. The topological polar surface area (TPSA) is 33.1 Å². The van der Waals surface area contributed by atoms with Gasteiger partial charge in [0.05, 0.1) is 16.1 Å². The van der Waals surface area contributed by atoms with Crippen molar-refractivity contribution in [1.82, 2.24) is 0 Å². The Hall–Kier alpha value is -2.30. The van der Waals surface area contributed by atoms with Gasteiger partial charge in [0.1, 0.15) is 6.54 Å². The third-order valence-electron chi connectivity index (χ3n) is 5.36. The van der Waals surface area contributed by atoms with E-state index in [4.69, 9.17) is 5.73 Å². The Balaban J connectivity index is 1.60. The molecule has 144 valence electrons. The Morgan fingerprint density at radius 1 is 0.964 bits per heavy atom. The molecule has 0 atom stereocenters. The molecule has 4 heteroatoms. The first-order valence-electron chi connectivity index (χ1n) is 10.1. The number of hydrogen-bond donors (Lipinski definition) is 1. The number of rotatable bonds is 7. The van der Waals surface area contributed by atoms with Gasteiger partial charge in [0.2, 0.25) is 5.52 Å². The van der Waals surface area contributed by atoms with Crippen molar-refractivity contribution in [3.8, 4) is 0 Å². The van der Waals surface area contributed by atoms with Gasteiger partial charge in [-0.2, -0.15) is 4.57 Å². The van der Waals surface area contributed by atoms with Gasteiger partial charge in [-0.25, -0.2) is 0 Å². The summed E-state index contributed by atoms with van der Waals surface area (Å²) in [6.07, 6.45) is 9.35. The number of unbranched alkanes of at least 4 members (excludes halogenated alkanes) is 3. The van der Waals surface area contributed by atoms with Crippen LogP contribution in [0.4, 0.5) is 5.69 Å². The second-order valence-corrected chi connectivity index (χ2v) is 8.36. The SMILES string of the molecule is CN1/C(=C/c2cc[n+](CCCCCCN)c3ccccc23)Sc2ccccc21. The van der Waals surface area contributed by atoms with Crippen LogP contribution in [-0.2, 0) is 6.54 Å². The maximum atomic E-state index is 5.60. The van der Waals surface area contributed by atoms with Gasteiger partial charge in [0, 0.05) is 30.5 Å². The number of anilines is 1. The van der Waals surface area contributed by atoms with E-state index in [1.807, 2.05) is 11.8 Å². The lowest BCUT2D eigenvalue weighted by atomic mass is 10.1. The van der Waals surface area contributed by atoms with E-state index >= 15 is 0 Å². The van der Waals surface area contributed by atoms with Crippen molar-refractivity contribution in [2.45, 2.75) is 37.1 Å². The molecule has 28 heavy (non-hydrogen) atoms. The number of thioether (sulfide) groups is 1. The highest BCUT2D eigenvalue weighted by molar-refractivity contribution is 8.03. The van der Waals surface area contributed by atoms with E-state index in [0.29, 0.717) is 0 Å². The van der Waals surface area contributed by atoms with Gasteiger partial charge in [-0.15, -0.1) is 0 Å². The van der Waals surface area contributed by atoms with E-state index in [2.05, 4.69) is 83.4 Å². The van der Waals surface area contributed by atoms with Gasteiger partial charge in [0.15, 0.2) is 6.20 Å². The molecule has 4 rings (SSSR count). The third-order valence-corrected chi connectivity index (χ3v) is 6.53. The molecule has 0 amide bonds. The molecular formula is C24H28N3S+. The zero-order chi connectivity index (χ0) is 19.3. The van der Waals surface area contributed by atoms with E-state index in [1.165, 1.54) is 51.3 Å². The van der Waals surface area contributed by atoms with Crippen LogP contribution in [0.1, 0.15) is 31.2 Å². The number of nitrogens with zero attached hydrogens (tertiary/aromatic N) is 2. The summed E-state index contributed by atoms with van der Waals surface area (Å²) < 4.78 is 2.39. The Labute approximate surface area is 171 Å². The van der Waals surface area contributed by atoms with Crippen molar-refractivity contribution >= 4 is 34.4 Å². The number of benzene rings is 2. The second kappa shape index (κ2) is 8.80. The first-order chi connectivity index (χ1) is 13.8. The second-order valence-electron chi connectivity index (χ2n) is 7.30. The van der Waals surface area contributed by atoms with Crippen molar-refractivity contribution in [2.75, 3.05) is 18.5 Å². The average Bonchev–Trinajstić information content (AvgIpc) is 3.05. The molecule has 0 unspecified atom stereocenters. The quantitative estimate of drug-likeness (QED) is 0.445. The van der Waals surface area contributed by atoms with Crippen molar-refractivity contribution in [3.05, 3.63) is 71.4 Å². The molecule has 0 fully saturated rings. The van der Waals surface area contributed by atoms with E-state index in [1.54, 1.807) is 0 Å². The summed E-state index contributed by atoms with van der Waals surface area (Å²) in [4.78, 5) is 3.61. The highest BCUT2D eigenvalue weighted by Crippen LogP contribution is 2.45. The van der Waals surface area contributed by atoms with Crippen LogP contribution in [0, 0.1) is 0 Å². The molecule has 2 aromatic carbocycles. The Kier molecular flexibility index (Phi) is 5.98. The molecule has 0 spiro atoms. The van der Waals surface area contributed by atoms with Gasteiger partial charge >= 0.3 is 0 Å². The van der Waals surface area contributed by atoms with Crippen molar-refractivity contribution in [2.24, 2.45) is 5.73 Å².